The van der Waals surface area contributed by atoms with Gasteiger partial charge >= 0.3 is 0 Å². The molecule has 6 nitrogen and oxygen atoms in total. The molecule has 1 fully saturated rings. The highest BCUT2D eigenvalue weighted by Gasteiger charge is 2.48. The highest BCUT2D eigenvalue weighted by molar-refractivity contribution is 5.36. The molecule has 1 heterocycles. The molecule has 22 heavy (non-hydrogen) atoms. The lowest BCUT2D eigenvalue weighted by Crippen LogP contribution is -2.65. The van der Waals surface area contributed by atoms with Gasteiger partial charge in [0.25, 0.3) is 5.69 Å². The first kappa shape index (κ1) is 16.9. The van der Waals surface area contributed by atoms with Gasteiger partial charge in [-0.3, -0.25) is 10.1 Å². The molecule has 0 radical (unpaired) electrons. The van der Waals surface area contributed by atoms with Crippen LogP contribution in [0.5, 0.6) is 0 Å². The van der Waals surface area contributed by atoms with Gasteiger partial charge in [0.1, 0.15) is 0 Å². The third-order valence-corrected chi connectivity index (χ3v) is 4.39. The van der Waals surface area contributed by atoms with Crippen molar-refractivity contribution in [1.29, 1.82) is 0 Å². The normalized spacial score (nSPS) is 28.1. The molecule has 0 aromatic heterocycles. The SMILES string of the molecule is CC1(C)C[C@H](O)[C@H]([C@H](O)c2cccc([N+](=O)[O-])c2)C(C)(C)N1. The van der Waals surface area contributed by atoms with Crippen molar-refractivity contribution in [2.24, 2.45) is 5.92 Å². The number of nitro benzene ring substituents is 1. The van der Waals surface area contributed by atoms with Gasteiger partial charge in [0.15, 0.2) is 0 Å². The first-order chi connectivity index (χ1) is 10.0. The molecule has 1 aromatic carbocycles. The fourth-order valence-electron chi connectivity index (χ4n) is 3.77. The predicted octanol–water partition coefficient (Wildman–Crippen LogP) is 2.16. The molecule has 0 aliphatic carbocycles. The number of non-ortho nitro benzene ring substituents is 1. The zero-order valence-corrected chi connectivity index (χ0v) is 13.4. The summed E-state index contributed by atoms with van der Waals surface area (Å²) in [5.74, 6) is -0.456. The third-order valence-electron chi connectivity index (χ3n) is 4.39. The van der Waals surface area contributed by atoms with Crippen LogP contribution in [0.15, 0.2) is 24.3 Å². The van der Waals surface area contributed by atoms with Crippen molar-refractivity contribution in [3.63, 3.8) is 0 Å². The number of hydrogen-bond donors (Lipinski definition) is 3. The maximum atomic E-state index is 10.9. The van der Waals surface area contributed by atoms with Gasteiger partial charge in [-0.15, -0.1) is 0 Å². The van der Waals surface area contributed by atoms with Gasteiger partial charge in [-0.1, -0.05) is 12.1 Å². The van der Waals surface area contributed by atoms with Gasteiger partial charge in [-0.2, -0.15) is 0 Å². The van der Waals surface area contributed by atoms with E-state index in [1.54, 1.807) is 12.1 Å². The van der Waals surface area contributed by atoms with Crippen molar-refractivity contribution in [3.05, 3.63) is 39.9 Å². The molecule has 2 rings (SSSR count). The van der Waals surface area contributed by atoms with E-state index in [-0.39, 0.29) is 11.2 Å². The molecular weight excluding hydrogens is 284 g/mol. The molecule has 1 aliphatic heterocycles. The van der Waals surface area contributed by atoms with Gasteiger partial charge in [0.05, 0.1) is 17.1 Å². The van der Waals surface area contributed by atoms with Crippen molar-refractivity contribution in [2.75, 3.05) is 0 Å². The number of benzene rings is 1. The van der Waals surface area contributed by atoms with Crippen molar-refractivity contribution in [1.82, 2.24) is 5.32 Å². The summed E-state index contributed by atoms with van der Waals surface area (Å²) < 4.78 is 0. The number of aliphatic hydroxyl groups is 2. The average molecular weight is 308 g/mol. The van der Waals surface area contributed by atoms with Crippen LogP contribution in [0.2, 0.25) is 0 Å². The van der Waals surface area contributed by atoms with Crippen molar-refractivity contribution >= 4 is 5.69 Å². The number of nitrogens with zero attached hydrogens (tertiary/aromatic N) is 1. The highest BCUT2D eigenvalue weighted by Crippen LogP contribution is 2.41. The molecule has 0 spiro atoms. The summed E-state index contributed by atoms with van der Waals surface area (Å²) >= 11 is 0. The van der Waals surface area contributed by atoms with E-state index in [0.717, 1.165) is 0 Å². The number of nitro groups is 1. The second-order valence-corrected chi connectivity index (χ2v) is 7.32. The second-order valence-electron chi connectivity index (χ2n) is 7.32. The number of hydrogen-bond acceptors (Lipinski definition) is 5. The molecule has 0 unspecified atom stereocenters. The largest absolute Gasteiger partial charge is 0.393 e. The fourth-order valence-corrected chi connectivity index (χ4v) is 3.77. The van der Waals surface area contributed by atoms with Crippen molar-refractivity contribution < 1.29 is 15.1 Å². The van der Waals surface area contributed by atoms with Gasteiger partial charge in [-0.05, 0) is 39.7 Å². The van der Waals surface area contributed by atoms with E-state index in [0.29, 0.717) is 12.0 Å². The minimum atomic E-state index is -0.978. The van der Waals surface area contributed by atoms with Crippen molar-refractivity contribution in [3.8, 4) is 0 Å². The van der Waals surface area contributed by atoms with Crippen LogP contribution in [0.1, 0.15) is 45.8 Å². The highest BCUT2D eigenvalue weighted by atomic mass is 16.6. The number of piperidine rings is 1. The second kappa shape index (κ2) is 5.61. The molecule has 0 bridgehead atoms. The van der Waals surface area contributed by atoms with E-state index >= 15 is 0 Å². The summed E-state index contributed by atoms with van der Waals surface area (Å²) in [6.07, 6.45) is -1.17. The van der Waals surface area contributed by atoms with E-state index < -0.39 is 28.6 Å². The zero-order valence-electron chi connectivity index (χ0n) is 13.4. The summed E-state index contributed by atoms with van der Waals surface area (Å²) in [7, 11) is 0. The van der Waals surface area contributed by atoms with Crippen LogP contribution in [-0.2, 0) is 0 Å². The number of rotatable bonds is 3. The Morgan fingerprint density at radius 1 is 1.36 bits per heavy atom. The zero-order chi connectivity index (χ0) is 16.7. The minimum absolute atomic E-state index is 0.0621. The summed E-state index contributed by atoms with van der Waals surface area (Å²) in [4.78, 5) is 10.4. The first-order valence-electron chi connectivity index (χ1n) is 7.43. The van der Waals surface area contributed by atoms with Gasteiger partial charge in [0.2, 0.25) is 0 Å². The van der Waals surface area contributed by atoms with Gasteiger partial charge in [0, 0.05) is 29.1 Å². The third kappa shape index (κ3) is 3.29. The Morgan fingerprint density at radius 3 is 2.55 bits per heavy atom. The fraction of sp³-hybridized carbons (Fsp3) is 0.625. The first-order valence-corrected chi connectivity index (χ1v) is 7.43. The van der Waals surface area contributed by atoms with Crippen LogP contribution in [0, 0.1) is 16.0 Å². The summed E-state index contributed by atoms with van der Waals surface area (Å²) in [6.45, 7) is 7.88. The Bertz CT molecular complexity index is 571. The lowest BCUT2D eigenvalue weighted by molar-refractivity contribution is -0.385. The molecule has 0 amide bonds. The maximum absolute atomic E-state index is 10.9. The van der Waals surface area contributed by atoms with Gasteiger partial charge in [-0.25, -0.2) is 0 Å². The molecule has 0 saturated carbocycles. The lowest BCUT2D eigenvalue weighted by atomic mass is 9.69. The quantitative estimate of drug-likeness (QED) is 0.587. The molecule has 3 atom stereocenters. The van der Waals surface area contributed by atoms with E-state index in [1.165, 1.54) is 12.1 Å². The number of nitrogens with one attached hydrogen (secondary N) is 1. The average Bonchev–Trinajstić information content (AvgIpc) is 2.35. The topological polar surface area (TPSA) is 95.6 Å². The van der Waals surface area contributed by atoms with Crippen LogP contribution in [0.25, 0.3) is 0 Å². The van der Waals surface area contributed by atoms with Crippen molar-refractivity contribution in [2.45, 2.75) is 57.4 Å². The minimum Gasteiger partial charge on any atom is -0.393 e. The summed E-state index contributed by atoms with van der Waals surface area (Å²) in [6, 6.07) is 5.96. The van der Waals surface area contributed by atoms with Gasteiger partial charge < -0.3 is 15.5 Å². The monoisotopic (exact) mass is 308 g/mol. The predicted molar refractivity (Wildman–Crippen MR) is 83.5 cm³/mol. The number of aliphatic hydroxyl groups excluding tert-OH is 2. The van der Waals surface area contributed by atoms with E-state index in [2.05, 4.69) is 5.32 Å². The Kier molecular flexibility index (Phi) is 4.30. The Balaban J connectivity index is 2.33. The molecule has 122 valence electrons. The summed E-state index contributed by atoms with van der Waals surface area (Å²) in [5, 5.41) is 35.6. The summed E-state index contributed by atoms with van der Waals surface area (Å²) in [5.41, 5.74) is -0.353. The smallest absolute Gasteiger partial charge is 0.269 e. The van der Waals surface area contributed by atoms with Crippen LogP contribution in [0.4, 0.5) is 5.69 Å². The molecule has 3 N–H and O–H groups in total. The Hall–Kier alpha value is -1.50. The standard InChI is InChI=1S/C16H24N2O4/c1-15(2)9-12(19)13(16(3,4)17-15)14(20)10-6-5-7-11(8-10)18(21)22/h5-8,12-14,17,19-20H,9H2,1-4H3/t12-,13+,14+/m0/s1. The van der Waals surface area contributed by atoms with Crippen LogP contribution in [0.3, 0.4) is 0 Å². The molecule has 1 aromatic rings. The Morgan fingerprint density at radius 2 is 2.00 bits per heavy atom. The molecule has 6 heteroatoms. The molecular formula is C16H24N2O4. The van der Waals surface area contributed by atoms with Crippen LogP contribution in [-0.4, -0.2) is 32.3 Å². The van der Waals surface area contributed by atoms with E-state index in [9.17, 15) is 20.3 Å². The van der Waals surface area contributed by atoms with Crippen LogP contribution >= 0.6 is 0 Å². The van der Waals surface area contributed by atoms with Crippen LogP contribution < -0.4 is 5.32 Å². The molecule has 1 saturated heterocycles. The van der Waals surface area contributed by atoms with E-state index in [4.69, 9.17) is 0 Å². The molecule has 1 aliphatic rings. The van der Waals surface area contributed by atoms with E-state index in [1.807, 2.05) is 27.7 Å². The maximum Gasteiger partial charge on any atom is 0.269 e. The Labute approximate surface area is 130 Å². The lowest BCUT2D eigenvalue weighted by Gasteiger charge is -2.52.